The summed E-state index contributed by atoms with van der Waals surface area (Å²) in [6.45, 7) is 5.05. The molecule has 1 saturated heterocycles. The number of carbonyl (C=O) groups is 1. The summed E-state index contributed by atoms with van der Waals surface area (Å²) in [6.07, 6.45) is 8.18. The first-order valence-electron chi connectivity index (χ1n) is 12.9. The zero-order valence-electron chi connectivity index (χ0n) is 21.3. The third-order valence-corrected chi connectivity index (χ3v) is 8.80. The van der Waals surface area contributed by atoms with E-state index in [1.165, 1.54) is 24.3 Å². The second kappa shape index (κ2) is 11.1. The molecule has 2 aromatic heterocycles. The van der Waals surface area contributed by atoms with Crippen molar-refractivity contribution in [3.63, 3.8) is 0 Å². The van der Waals surface area contributed by atoms with Crippen molar-refractivity contribution in [3.05, 3.63) is 72.9 Å². The van der Waals surface area contributed by atoms with E-state index in [4.69, 9.17) is 4.74 Å². The van der Waals surface area contributed by atoms with Gasteiger partial charge in [0, 0.05) is 35.5 Å². The molecule has 4 aromatic rings. The van der Waals surface area contributed by atoms with Gasteiger partial charge in [0.15, 0.2) is 0 Å². The molecule has 200 valence electrons. The van der Waals surface area contributed by atoms with Crippen LogP contribution in [0.3, 0.4) is 0 Å². The molecule has 0 radical (unpaired) electrons. The van der Waals surface area contributed by atoms with Crippen LogP contribution in [-0.2, 0) is 26.1 Å². The highest BCUT2D eigenvalue weighted by Crippen LogP contribution is 2.33. The van der Waals surface area contributed by atoms with Crippen molar-refractivity contribution in [1.29, 1.82) is 0 Å². The van der Waals surface area contributed by atoms with Crippen LogP contribution < -0.4 is 0 Å². The highest BCUT2D eigenvalue weighted by Gasteiger charge is 2.24. The van der Waals surface area contributed by atoms with Crippen LogP contribution in [-0.4, -0.2) is 59.3 Å². The second-order valence-corrected chi connectivity index (χ2v) is 11.4. The van der Waals surface area contributed by atoms with Crippen molar-refractivity contribution >= 4 is 26.9 Å². The van der Waals surface area contributed by atoms with E-state index in [1.807, 2.05) is 17.8 Å². The van der Waals surface area contributed by atoms with Gasteiger partial charge in [0.2, 0.25) is 0 Å². The molecule has 1 fully saturated rings. The minimum absolute atomic E-state index is 0.136. The lowest BCUT2D eigenvalue weighted by Gasteiger charge is -2.31. The van der Waals surface area contributed by atoms with Crippen LogP contribution in [0.25, 0.3) is 22.0 Å². The summed E-state index contributed by atoms with van der Waals surface area (Å²) in [5.41, 5.74) is 1.73. The topological polar surface area (TPSA) is 86.4 Å². The van der Waals surface area contributed by atoms with Crippen molar-refractivity contribution in [1.82, 2.24) is 18.7 Å². The van der Waals surface area contributed by atoms with E-state index >= 15 is 0 Å². The summed E-state index contributed by atoms with van der Waals surface area (Å²) < 4.78 is 49.0. The maximum atomic E-state index is 14.2. The number of benzene rings is 2. The molecule has 0 saturated carbocycles. The number of fused-ring (bicyclic) bond motifs is 1. The fourth-order valence-corrected chi connectivity index (χ4v) is 6.45. The van der Waals surface area contributed by atoms with Gasteiger partial charge in [0.1, 0.15) is 5.82 Å². The van der Waals surface area contributed by atoms with Crippen molar-refractivity contribution in [2.45, 2.75) is 37.6 Å². The molecule has 0 spiro atoms. The maximum absolute atomic E-state index is 14.2. The molecule has 8 nitrogen and oxygen atoms in total. The first kappa shape index (κ1) is 26.1. The minimum Gasteiger partial charge on any atom is -0.465 e. The number of piperidine rings is 1. The number of esters is 1. The number of hydrogen-bond acceptors (Lipinski definition) is 6. The van der Waals surface area contributed by atoms with Gasteiger partial charge in [-0.25, -0.2) is 16.8 Å². The summed E-state index contributed by atoms with van der Waals surface area (Å²) in [6, 6.07) is 12.3. The van der Waals surface area contributed by atoms with Gasteiger partial charge in [0.05, 0.1) is 29.8 Å². The number of aromatic nitrogens is 3. The number of ether oxygens (including phenoxy) is 1. The molecule has 2 aromatic carbocycles. The molecule has 0 aliphatic carbocycles. The third kappa shape index (κ3) is 5.51. The van der Waals surface area contributed by atoms with Gasteiger partial charge in [-0.3, -0.25) is 14.4 Å². The summed E-state index contributed by atoms with van der Waals surface area (Å²) in [4.78, 5) is 14.0. The summed E-state index contributed by atoms with van der Waals surface area (Å²) >= 11 is 0. The molecule has 38 heavy (non-hydrogen) atoms. The molecule has 0 amide bonds. The van der Waals surface area contributed by atoms with Crippen LogP contribution >= 0.6 is 0 Å². The Labute approximate surface area is 221 Å². The lowest BCUT2D eigenvalue weighted by Crippen LogP contribution is -2.38. The molecular weight excluding hydrogens is 507 g/mol. The average Bonchev–Trinajstić information content (AvgIpc) is 3.54. The minimum atomic E-state index is -3.91. The van der Waals surface area contributed by atoms with E-state index in [9.17, 15) is 17.6 Å². The first-order valence-corrected chi connectivity index (χ1v) is 14.3. The number of carbonyl (C=O) groups excluding carboxylic acids is 1. The largest absolute Gasteiger partial charge is 0.465 e. The van der Waals surface area contributed by atoms with Gasteiger partial charge in [-0.1, -0.05) is 18.2 Å². The van der Waals surface area contributed by atoms with Crippen molar-refractivity contribution in [2.24, 2.45) is 5.92 Å². The smallest absolute Gasteiger partial charge is 0.320 e. The van der Waals surface area contributed by atoms with Gasteiger partial charge >= 0.3 is 5.97 Å². The van der Waals surface area contributed by atoms with Crippen LogP contribution in [0.4, 0.5) is 4.39 Å². The highest BCUT2D eigenvalue weighted by atomic mass is 32.2. The fourth-order valence-electron chi connectivity index (χ4n) is 5.07. The van der Waals surface area contributed by atoms with Crippen LogP contribution in [0.15, 0.2) is 72.0 Å². The van der Waals surface area contributed by atoms with E-state index in [-0.39, 0.29) is 16.4 Å². The predicted molar refractivity (Wildman–Crippen MR) is 143 cm³/mol. The third-order valence-electron chi connectivity index (χ3n) is 7.11. The van der Waals surface area contributed by atoms with Gasteiger partial charge in [0.25, 0.3) is 10.0 Å². The number of rotatable bonds is 9. The van der Waals surface area contributed by atoms with Crippen LogP contribution in [0.1, 0.15) is 26.2 Å². The maximum Gasteiger partial charge on any atom is 0.320 e. The van der Waals surface area contributed by atoms with Crippen molar-refractivity contribution in [3.8, 4) is 11.1 Å². The average molecular weight is 539 g/mol. The molecule has 1 aliphatic heterocycles. The molecule has 0 atom stereocenters. The Balaban J connectivity index is 1.31. The molecule has 10 heteroatoms. The van der Waals surface area contributed by atoms with Crippen LogP contribution in [0.5, 0.6) is 0 Å². The Kier molecular flexibility index (Phi) is 7.62. The molecule has 0 unspecified atom stereocenters. The normalized spacial score (nSPS) is 15.2. The molecule has 1 aliphatic rings. The molecule has 0 N–H and O–H groups in total. The van der Waals surface area contributed by atoms with E-state index in [1.54, 1.807) is 36.7 Å². The SMILES string of the molecule is CCOC(=O)CN1CCC(CCn2cc(-c3cn(S(=O)(=O)c4ccccc4)c4cc(F)ccc34)cn2)CC1. The monoisotopic (exact) mass is 538 g/mol. The van der Waals surface area contributed by atoms with E-state index < -0.39 is 15.8 Å². The Morgan fingerprint density at radius 1 is 1.11 bits per heavy atom. The van der Waals surface area contributed by atoms with Gasteiger partial charge in [-0.05, 0) is 75.5 Å². The van der Waals surface area contributed by atoms with Gasteiger partial charge in [-0.2, -0.15) is 5.10 Å². The Hall–Kier alpha value is -3.50. The van der Waals surface area contributed by atoms with Crippen molar-refractivity contribution in [2.75, 3.05) is 26.2 Å². The number of nitrogens with zero attached hydrogens (tertiary/aromatic N) is 4. The van der Waals surface area contributed by atoms with Gasteiger partial charge in [-0.15, -0.1) is 0 Å². The summed E-state index contributed by atoms with van der Waals surface area (Å²) in [5, 5.41) is 5.16. The lowest BCUT2D eigenvalue weighted by atomic mass is 9.93. The lowest BCUT2D eigenvalue weighted by molar-refractivity contribution is -0.144. The number of likely N-dealkylation sites (tertiary alicyclic amines) is 1. The number of aryl methyl sites for hydroxylation is 1. The van der Waals surface area contributed by atoms with E-state index in [0.29, 0.717) is 30.0 Å². The summed E-state index contributed by atoms with van der Waals surface area (Å²) in [5.74, 6) is -0.131. The van der Waals surface area contributed by atoms with Gasteiger partial charge < -0.3 is 4.74 Å². The van der Waals surface area contributed by atoms with E-state index in [0.717, 1.165) is 48.4 Å². The molecular formula is C28H31FN4O4S. The quantitative estimate of drug-likeness (QED) is 0.291. The van der Waals surface area contributed by atoms with Crippen molar-refractivity contribution < 1.29 is 22.3 Å². The predicted octanol–water partition coefficient (Wildman–Crippen LogP) is 4.55. The summed E-state index contributed by atoms with van der Waals surface area (Å²) in [7, 11) is -3.91. The first-order chi connectivity index (χ1) is 18.3. The van der Waals surface area contributed by atoms with Crippen LogP contribution in [0.2, 0.25) is 0 Å². The highest BCUT2D eigenvalue weighted by molar-refractivity contribution is 7.90. The van der Waals surface area contributed by atoms with Crippen LogP contribution in [0, 0.1) is 11.7 Å². The molecule has 3 heterocycles. The fraction of sp³-hybridized carbons (Fsp3) is 0.357. The Bertz CT molecular complexity index is 1520. The standard InChI is InChI=1S/C28H31FN4O4S/c1-2-37-28(34)20-31-13-10-21(11-14-31)12-15-32-18-22(17-30-32)26-19-33(27-16-23(29)8-9-25(26)27)38(35,36)24-6-4-3-5-7-24/h3-9,16-19,21H,2,10-15,20H2,1H3. The zero-order valence-corrected chi connectivity index (χ0v) is 22.1. The molecule has 5 rings (SSSR count). The van der Waals surface area contributed by atoms with E-state index in [2.05, 4.69) is 10.00 Å². The number of halogens is 1. The number of hydrogen-bond donors (Lipinski definition) is 0. The Morgan fingerprint density at radius 2 is 1.87 bits per heavy atom. The second-order valence-electron chi connectivity index (χ2n) is 9.62. The Morgan fingerprint density at radius 3 is 2.61 bits per heavy atom. The zero-order chi connectivity index (χ0) is 26.7. The molecule has 0 bridgehead atoms.